The van der Waals surface area contributed by atoms with Gasteiger partial charge in [0.2, 0.25) is 0 Å². The van der Waals surface area contributed by atoms with E-state index in [4.69, 9.17) is 5.73 Å². The fraction of sp³-hybridized carbons (Fsp3) is 0.667. The Hall–Kier alpha value is 0.149. The van der Waals surface area contributed by atoms with Crippen LogP contribution in [0.4, 0.5) is 0 Å². The van der Waals surface area contributed by atoms with Gasteiger partial charge in [0.25, 0.3) is 0 Å². The van der Waals surface area contributed by atoms with Crippen LogP contribution in [0.2, 0.25) is 0 Å². The van der Waals surface area contributed by atoms with Crippen LogP contribution in [-0.4, -0.2) is 12.3 Å². The van der Waals surface area contributed by atoms with E-state index in [0.717, 1.165) is 0 Å². The number of Topliss-reactive ketones (excluding diaryl/α,β-unsaturated/α-hetero) is 1. The van der Waals surface area contributed by atoms with E-state index in [1.54, 1.807) is 0 Å². The summed E-state index contributed by atoms with van der Waals surface area (Å²) in [7, 11) is 0. The molecule has 0 bridgehead atoms. The molecule has 0 rings (SSSR count). The van der Waals surface area contributed by atoms with Gasteiger partial charge in [-0.1, -0.05) is 6.54 Å². The summed E-state index contributed by atoms with van der Waals surface area (Å²) in [5.41, 5.74) is 6.31. The van der Waals surface area contributed by atoms with E-state index in [1.807, 2.05) is 0 Å². The fourth-order valence-electron chi connectivity index (χ4n) is 0. The van der Waals surface area contributed by atoms with Crippen molar-refractivity contribution in [3.63, 3.8) is 0 Å². The molecule has 6 heavy (non-hydrogen) atoms. The van der Waals surface area contributed by atoms with Crippen LogP contribution in [0.5, 0.6) is 0 Å². The molecule has 0 aromatic rings. The van der Waals surface area contributed by atoms with Crippen molar-refractivity contribution in [1.29, 1.82) is 0 Å². The van der Waals surface area contributed by atoms with Crippen molar-refractivity contribution in [3.8, 4) is 0 Å². The van der Waals surface area contributed by atoms with Crippen molar-refractivity contribution >= 4 is 5.78 Å². The maximum atomic E-state index is 9.62. The third kappa shape index (κ3) is 8.91. The third-order valence-electron chi connectivity index (χ3n) is 0.249. The molecule has 0 saturated heterocycles. The topological polar surface area (TPSA) is 40.9 Å². The van der Waals surface area contributed by atoms with Gasteiger partial charge in [0.05, 0.1) is 0 Å². The van der Waals surface area contributed by atoms with Crippen LogP contribution in [-0.2, 0) is 21.9 Å². The molecule has 2 nitrogen and oxygen atoms in total. The summed E-state index contributed by atoms with van der Waals surface area (Å²) in [5, 5.41) is 0. The molecule has 0 radical (unpaired) electrons. The Morgan fingerprint density at radius 3 is 2.00 bits per heavy atom. The number of hydrogen-bond donors (Lipinski definition) is 0. The van der Waals surface area contributed by atoms with Crippen molar-refractivity contribution < 1.29 is 21.9 Å². The van der Waals surface area contributed by atoms with E-state index in [9.17, 15) is 4.79 Å². The summed E-state index contributed by atoms with van der Waals surface area (Å²) in [4.78, 5) is 9.62. The smallest absolute Gasteiger partial charge is 0.671 e. The van der Waals surface area contributed by atoms with Gasteiger partial charge >= 0.3 is 17.1 Å². The fourth-order valence-corrected chi connectivity index (χ4v) is 0. The van der Waals surface area contributed by atoms with Crippen LogP contribution in [0.1, 0.15) is 6.92 Å². The van der Waals surface area contributed by atoms with Gasteiger partial charge in [-0.05, 0) is 6.92 Å². The summed E-state index contributed by atoms with van der Waals surface area (Å²) in [5.74, 6) is -0.0787. The molecule has 40 valence electrons. The van der Waals surface area contributed by atoms with Crippen LogP contribution >= 0.6 is 0 Å². The Balaban J connectivity index is 0. The minimum Gasteiger partial charge on any atom is -0.671 e. The second-order valence-corrected chi connectivity index (χ2v) is 0.879. The minimum atomic E-state index is -0.0833. The monoisotopic (exact) mass is 135 g/mol. The molecule has 0 aliphatic carbocycles. The van der Waals surface area contributed by atoms with Crippen LogP contribution in [0.25, 0.3) is 5.73 Å². The molecule has 0 aromatic heterocycles. The molecule has 0 aliphatic heterocycles. The first kappa shape index (κ1) is 9.47. The van der Waals surface area contributed by atoms with Crippen molar-refractivity contribution in [2.45, 2.75) is 6.92 Å². The Kier molecular flexibility index (Phi) is 8.13. The van der Waals surface area contributed by atoms with E-state index in [0.29, 0.717) is 0 Å². The molecule has 0 fully saturated rings. The zero-order valence-electron chi connectivity index (χ0n) is 3.42. The van der Waals surface area contributed by atoms with E-state index in [-0.39, 0.29) is 29.4 Å². The maximum Gasteiger partial charge on any atom is 1.00 e. The second kappa shape index (κ2) is 5.15. The van der Waals surface area contributed by atoms with E-state index >= 15 is 0 Å². The SMILES string of the molecule is CC(=O)C[NH-].[Cu+]. The van der Waals surface area contributed by atoms with Gasteiger partial charge in [-0.2, -0.15) is 0 Å². The molecule has 0 saturated carbocycles. The van der Waals surface area contributed by atoms with Gasteiger partial charge in [-0.3, -0.25) is 0 Å². The van der Waals surface area contributed by atoms with Crippen LogP contribution in [0.15, 0.2) is 0 Å². The second-order valence-electron chi connectivity index (χ2n) is 0.879. The molecular formula is C3H6CuNO. The summed E-state index contributed by atoms with van der Waals surface area (Å²) >= 11 is 0. The first-order valence-electron chi connectivity index (χ1n) is 1.41. The quantitative estimate of drug-likeness (QED) is 0.486. The third-order valence-corrected chi connectivity index (χ3v) is 0.249. The number of nitrogens with one attached hydrogen (secondary N) is 1. The maximum absolute atomic E-state index is 9.62. The van der Waals surface area contributed by atoms with Crippen LogP contribution < -0.4 is 0 Å². The molecule has 0 aromatic carbocycles. The van der Waals surface area contributed by atoms with Crippen molar-refractivity contribution in [1.82, 2.24) is 0 Å². The first-order valence-corrected chi connectivity index (χ1v) is 1.41. The Labute approximate surface area is 47.6 Å². The molecule has 0 atom stereocenters. The summed E-state index contributed by atoms with van der Waals surface area (Å²) in [6.07, 6.45) is 0. The average molecular weight is 136 g/mol. The molecule has 0 aliphatic rings. The van der Waals surface area contributed by atoms with Gasteiger partial charge in [0, 0.05) is 0 Å². The number of rotatable bonds is 1. The van der Waals surface area contributed by atoms with Crippen molar-refractivity contribution in [2.75, 3.05) is 6.54 Å². The van der Waals surface area contributed by atoms with E-state index < -0.39 is 0 Å². The van der Waals surface area contributed by atoms with E-state index in [1.165, 1.54) is 6.92 Å². The van der Waals surface area contributed by atoms with Crippen LogP contribution in [0.3, 0.4) is 0 Å². The van der Waals surface area contributed by atoms with Gasteiger partial charge in [0.15, 0.2) is 0 Å². The number of hydrogen-bond acceptors (Lipinski definition) is 1. The molecule has 1 N–H and O–H groups in total. The zero-order chi connectivity index (χ0) is 4.28. The van der Waals surface area contributed by atoms with E-state index in [2.05, 4.69) is 0 Å². The number of ketones is 1. The predicted octanol–water partition coefficient (Wildman–Crippen LogP) is 0.625. The van der Waals surface area contributed by atoms with Gasteiger partial charge in [0.1, 0.15) is 5.78 Å². The normalized spacial score (nSPS) is 6.33. The Morgan fingerprint density at radius 2 is 2.00 bits per heavy atom. The Morgan fingerprint density at radius 1 is 1.83 bits per heavy atom. The predicted molar refractivity (Wildman–Crippen MR) is 19.9 cm³/mol. The molecule has 0 amide bonds. The summed E-state index contributed by atoms with van der Waals surface area (Å²) in [6.45, 7) is 1.31. The summed E-state index contributed by atoms with van der Waals surface area (Å²) in [6, 6.07) is 0. The average Bonchev–Trinajstić information content (AvgIpc) is 1.38. The zero-order valence-corrected chi connectivity index (χ0v) is 4.36. The van der Waals surface area contributed by atoms with Gasteiger partial charge in [-0.25, -0.2) is 0 Å². The summed E-state index contributed by atoms with van der Waals surface area (Å²) < 4.78 is 0. The van der Waals surface area contributed by atoms with Crippen molar-refractivity contribution in [2.24, 2.45) is 0 Å². The largest absolute Gasteiger partial charge is 1.00 e. The van der Waals surface area contributed by atoms with Crippen LogP contribution in [0, 0.1) is 0 Å². The Bertz CT molecular complexity index is 46.1. The van der Waals surface area contributed by atoms with Crippen molar-refractivity contribution in [3.05, 3.63) is 5.73 Å². The van der Waals surface area contributed by atoms with Gasteiger partial charge in [-0.15, -0.1) is 0 Å². The first-order chi connectivity index (χ1) is 2.27. The molecule has 3 heteroatoms. The van der Waals surface area contributed by atoms with Gasteiger partial charge < -0.3 is 10.5 Å². The molecule has 0 heterocycles. The standard InChI is InChI=1S/C3H6NO.Cu/c1-3(5)2-4;/h4H,2H2,1H3;/q-1;+1. The number of carbonyl (C=O) groups is 1. The molecule has 0 unspecified atom stereocenters. The minimum absolute atomic E-state index is 0. The number of carbonyl (C=O) groups excluding carboxylic acids is 1. The molecular weight excluding hydrogens is 130 g/mol. The molecule has 0 spiro atoms.